The monoisotopic (exact) mass is 291 g/mol. The van der Waals surface area contributed by atoms with E-state index >= 15 is 0 Å². The van der Waals surface area contributed by atoms with Crippen LogP contribution in [0.4, 0.5) is 4.79 Å². The van der Waals surface area contributed by atoms with Crippen LogP contribution in [0.15, 0.2) is 18.2 Å². The number of alkyl carbamates (subject to hydrolysis) is 1. The van der Waals surface area contributed by atoms with E-state index in [4.69, 9.17) is 27.9 Å². The highest BCUT2D eigenvalue weighted by molar-refractivity contribution is 6.34. The zero-order valence-corrected chi connectivity index (χ0v) is 11.0. The van der Waals surface area contributed by atoms with Gasteiger partial charge in [-0.2, -0.15) is 0 Å². The standard InChI is InChI=1S/C11H11Cl2NO4/c1-2-17-11(16)14-10(15)6-18-9-5-7(12)3-4-8(9)13/h3-5H,2,6H2,1H3,(H,14,15,16). The second-order valence-corrected chi connectivity index (χ2v) is 3.98. The van der Waals surface area contributed by atoms with Crippen LogP contribution in [0.2, 0.25) is 10.0 Å². The Labute approximate surface area is 114 Å². The van der Waals surface area contributed by atoms with Gasteiger partial charge in [0.1, 0.15) is 5.75 Å². The van der Waals surface area contributed by atoms with E-state index in [1.807, 2.05) is 5.32 Å². The van der Waals surface area contributed by atoms with Crippen molar-refractivity contribution < 1.29 is 19.1 Å². The van der Waals surface area contributed by atoms with E-state index in [1.54, 1.807) is 19.1 Å². The first-order valence-electron chi connectivity index (χ1n) is 5.07. The van der Waals surface area contributed by atoms with Crippen molar-refractivity contribution in [3.63, 3.8) is 0 Å². The largest absolute Gasteiger partial charge is 0.482 e. The van der Waals surface area contributed by atoms with Crippen LogP contribution in [-0.2, 0) is 9.53 Å². The zero-order chi connectivity index (χ0) is 13.5. The molecule has 0 atom stereocenters. The molecule has 2 amide bonds. The van der Waals surface area contributed by atoms with E-state index in [2.05, 4.69) is 4.74 Å². The van der Waals surface area contributed by atoms with Crippen molar-refractivity contribution >= 4 is 35.2 Å². The quantitative estimate of drug-likeness (QED) is 0.926. The number of hydrogen-bond acceptors (Lipinski definition) is 4. The average molecular weight is 292 g/mol. The van der Waals surface area contributed by atoms with Crippen LogP contribution in [0.3, 0.4) is 0 Å². The maximum absolute atomic E-state index is 11.3. The molecule has 0 fully saturated rings. The minimum atomic E-state index is -0.816. The van der Waals surface area contributed by atoms with Gasteiger partial charge in [0, 0.05) is 11.1 Å². The molecule has 98 valence electrons. The molecule has 0 aromatic heterocycles. The number of carbonyl (C=O) groups excluding carboxylic acids is 2. The fraction of sp³-hybridized carbons (Fsp3) is 0.273. The second-order valence-electron chi connectivity index (χ2n) is 3.13. The molecule has 0 aliphatic carbocycles. The Balaban J connectivity index is 2.47. The van der Waals surface area contributed by atoms with E-state index in [0.29, 0.717) is 10.0 Å². The molecule has 0 aliphatic heterocycles. The Kier molecular flexibility index (Phi) is 5.74. The summed E-state index contributed by atoms with van der Waals surface area (Å²) in [7, 11) is 0. The predicted molar refractivity (Wildman–Crippen MR) is 67.1 cm³/mol. The Bertz CT molecular complexity index is 451. The molecule has 0 aliphatic rings. The number of amides is 2. The first-order valence-corrected chi connectivity index (χ1v) is 5.83. The molecule has 1 aromatic rings. The highest BCUT2D eigenvalue weighted by Gasteiger charge is 2.10. The van der Waals surface area contributed by atoms with Crippen molar-refractivity contribution in [2.45, 2.75) is 6.92 Å². The van der Waals surface area contributed by atoms with Gasteiger partial charge >= 0.3 is 6.09 Å². The van der Waals surface area contributed by atoms with Gasteiger partial charge in [0.2, 0.25) is 0 Å². The van der Waals surface area contributed by atoms with Gasteiger partial charge in [-0.05, 0) is 19.1 Å². The van der Waals surface area contributed by atoms with Gasteiger partial charge in [-0.15, -0.1) is 0 Å². The number of nitrogens with one attached hydrogen (secondary N) is 1. The zero-order valence-electron chi connectivity index (χ0n) is 9.54. The van der Waals surface area contributed by atoms with Crippen LogP contribution in [0, 0.1) is 0 Å². The maximum atomic E-state index is 11.3. The third kappa shape index (κ3) is 4.81. The number of halogens is 2. The summed E-state index contributed by atoms with van der Waals surface area (Å²) in [5, 5.41) is 2.74. The average Bonchev–Trinajstić information content (AvgIpc) is 2.30. The van der Waals surface area contributed by atoms with Crippen molar-refractivity contribution in [2.24, 2.45) is 0 Å². The van der Waals surface area contributed by atoms with Crippen LogP contribution < -0.4 is 10.1 Å². The molecule has 0 radical (unpaired) electrons. The third-order valence-electron chi connectivity index (χ3n) is 1.77. The van der Waals surface area contributed by atoms with Gasteiger partial charge < -0.3 is 9.47 Å². The molecule has 0 bridgehead atoms. The van der Waals surface area contributed by atoms with E-state index in [9.17, 15) is 9.59 Å². The lowest BCUT2D eigenvalue weighted by Crippen LogP contribution is -2.34. The Hall–Kier alpha value is -1.46. The molecular weight excluding hydrogens is 281 g/mol. The minimum absolute atomic E-state index is 0.181. The summed E-state index contributed by atoms with van der Waals surface area (Å²) in [5.41, 5.74) is 0. The normalized spacial score (nSPS) is 9.72. The Morgan fingerprint density at radius 2 is 2.06 bits per heavy atom. The summed E-state index contributed by atoms with van der Waals surface area (Å²) in [4.78, 5) is 22.2. The van der Waals surface area contributed by atoms with Crippen LogP contribution in [-0.4, -0.2) is 25.2 Å². The van der Waals surface area contributed by atoms with Crippen molar-refractivity contribution in [2.75, 3.05) is 13.2 Å². The minimum Gasteiger partial charge on any atom is -0.482 e. The third-order valence-corrected chi connectivity index (χ3v) is 2.32. The summed E-state index contributed by atoms with van der Waals surface area (Å²) >= 11 is 11.6. The van der Waals surface area contributed by atoms with Gasteiger partial charge in [-0.1, -0.05) is 23.2 Å². The van der Waals surface area contributed by atoms with Gasteiger partial charge in [0.25, 0.3) is 5.91 Å². The van der Waals surface area contributed by atoms with Gasteiger partial charge in [0.05, 0.1) is 11.6 Å². The van der Waals surface area contributed by atoms with E-state index in [1.165, 1.54) is 6.07 Å². The highest BCUT2D eigenvalue weighted by Crippen LogP contribution is 2.27. The number of carbonyl (C=O) groups is 2. The molecule has 1 rings (SSSR count). The fourth-order valence-corrected chi connectivity index (χ4v) is 1.38. The number of benzene rings is 1. The molecule has 1 aromatic carbocycles. The molecule has 0 heterocycles. The van der Waals surface area contributed by atoms with Crippen molar-refractivity contribution in [1.82, 2.24) is 5.32 Å². The van der Waals surface area contributed by atoms with Gasteiger partial charge in [-0.25, -0.2) is 4.79 Å². The van der Waals surface area contributed by atoms with Crippen LogP contribution in [0.5, 0.6) is 5.75 Å². The number of imide groups is 1. The lowest BCUT2D eigenvalue weighted by molar-refractivity contribution is -0.122. The molecule has 0 unspecified atom stereocenters. The van der Waals surface area contributed by atoms with Crippen LogP contribution in [0.1, 0.15) is 6.92 Å². The second kappa shape index (κ2) is 7.08. The summed E-state index contributed by atoms with van der Waals surface area (Å²) in [6.45, 7) is 1.45. The lowest BCUT2D eigenvalue weighted by Gasteiger charge is -2.08. The maximum Gasteiger partial charge on any atom is 0.413 e. The van der Waals surface area contributed by atoms with Crippen LogP contribution >= 0.6 is 23.2 Å². The molecule has 5 nitrogen and oxygen atoms in total. The number of rotatable bonds is 4. The molecular formula is C11H11Cl2NO4. The number of hydrogen-bond donors (Lipinski definition) is 1. The SMILES string of the molecule is CCOC(=O)NC(=O)COc1cc(Cl)ccc1Cl. The predicted octanol–water partition coefficient (Wildman–Crippen LogP) is 2.64. The topological polar surface area (TPSA) is 64.6 Å². The fourth-order valence-electron chi connectivity index (χ4n) is 1.05. The molecule has 7 heteroatoms. The van der Waals surface area contributed by atoms with Gasteiger partial charge in [-0.3, -0.25) is 10.1 Å². The van der Waals surface area contributed by atoms with Crippen LogP contribution in [0.25, 0.3) is 0 Å². The van der Waals surface area contributed by atoms with E-state index < -0.39 is 12.0 Å². The Morgan fingerprint density at radius 1 is 1.33 bits per heavy atom. The highest BCUT2D eigenvalue weighted by atomic mass is 35.5. The molecule has 0 saturated carbocycles. The summed E-state index contributed by atoms with van der Waals surface area (Å²) in [6, 6.07) is 4.61. The van der Waals surface area contributed by atoms with Gasteiger partial charge in [0.15, 0.2) is 6.61 Å². The summed E-state index contributed by atoms with van der Waals surface area (Å²) in [6.07, 6.45) is -0.816. The molecule has 1 N–H and O–H groups in total. The Morgan fingerprint density at radius 3 is 2.72 bits per heavy atom. The van der Waals surface area contributed by atoms with Crippen molar-refractivity contribution in [3.8, 4) is 5.75 Å². The van der Waals surface area contributed by atoms with E-state index in [0.717, 1.165) is 0 Å². The van der Waals surface area contributed by atoms with Crippen molar-refractivity contribution in [1.29, 1.82) is 0 Å². The van der Waals surface area contributed by atoms with E-state index in [-0.39, 0.29) is 19.0 Å². The molecule has 18 heavy (non-hydrogen) atoms. The molecule has 0 spiro atoms. The number of ether oxygens (including phenoxy) is 2. The lowest BCUT2D eigenvalue weighted by atomic mass is 10.3. The summed E-state index contributed by atoms with van der Waals surface area (Å²) < 4.78 is 9.66. The summed E-state index contributed by atoms with van der Waals surface area (Å²) in [5.74, 6) is -0.368. The first-order chi connectivity index (χ1) is 8.52. The van der Waals surface area contributed by atoms with Crippen molar-refractivity contribution in [3.05, 3.63) is 28.2 Å². The first kappa shape index (κ1) is 14.6. The molecule has 0 saturated heterocycles. The smallest absolute Gasteiger partial charge is 0.413 e.